The summed E-state index contributed by atoms with van der Waals surface area (Å²) in [5.74, 6) is -0.506. The average molecular weight is 285 g/mol. The van der Waals surface area contributed by atoms with Gasteiger partial charge in [-0.15, -0.1) is 0 Å². The van der Waals surface area contributed by atoms with E-state index < -0.39 is 0 Å². The van der Waals surface area contributed by atoms with Crippen LogP contribution in [0, 0.1) is 11.6 Å². The molecule has 3 heteroatoms. The van der Waals surface area contributed by atoms with Crippen LogP contribution in [-0.2, 0) is 0 Å². The second kappa shape index (κ2) is 6.08. The monoisotopic (exact) mass is 285 g/mol. The van der Waals surface area contributed by atoms with E-state index in [-0.39, 0.29) is 17.7 Å². The van der Waals surface area contributed by atoms with Gasteiger partial charge in [0, 0.05) is 11.4 Å². The van der Waals surface area contributed by atoms with E-state index >= 15 is 0 Å². The maximum Gasteiger partial charge on any atom is 0.123 e. The highest BCUT2D eigenvalue weighted by Crippen LogP contribution is 2.32. The summed E-state index contributed by atoms with van der Waals surface area (Å²) in [6.45, 7) is 0. The van der Waals surface area contributed by atoms with Gasteiger partial charge in [0.1, 0.15) is 11.6 Å². The lowest BCUT2D eigenvalue weighted by Crippen LogP contribution is -2.30. The van der Waals surface area contributed by atoms with Gasteiger partial charge in [0.05, 0.1) is 6.04 Å². The van der Waals surface area contributed by atoms with Crippen LogP contribution in [0.3, 0.4) is 0 Å². The molecule has 1 aliphatic rings. The summed E-state index contributed by atoms with van der Waals surface area (Å²) in [5.41, 5.74) is 1.83. The molecule has 0 fully saturated rings. The van der Waals surface area contributed by atoms with Gasteiger partial charge >= 0.3 is 0 Å². The molecule has 1 nitrogen and oxygen atoms in total. The lowest BCUT2D eigenvalue weighted by molar-refractivity contribution is 0.619. The van der Waals surface area contributed by atoms with E-state index in [1.807, 2.05) is 0 Å². The fourth-order valence-corrected chi connectivity index (χ4v) is 2.74. The normalized spacial score (nSPS) is 17.7. The number of allylic oxidation sites excluding steroid dienone is 1. The number of anilines is 2. The Kier molecular flexibility index (Phi) is 4.00. The maximum absolute atomic E-state index is 13.2. The summed E-state index contributed by atoms with van der Waals surface area (Å²) in [6.07, 6.45) is 7.60. The van der Waals surface area contributed by atoms with Crippen molar-refractivity contribution in [3.05, 3.63) is 72.3 Å². The van der Waals surface area contributed by atoms with Crippen LogP contribution in [0.15, 0.2) is 60.7 Å². The highest BCUT2D eigenvalue weighted by Gasteiger charge is 2.20. The summed E-state index contributed by atoms with van der Waals surface area (Å²) in [7, 11) is 0. The number of hydrogen-bond donors (Lipinski definition) is 0. The van der Waals surface area contributed by atoms with Crippen LogP contribution in [0.25, 0.3) is 0 Å². The molecule has 1 unspecified atom stereocenters. The Morgan fingerprint density at radius 2 is 1.33 bits per heavy atom. The smallest absolute Gasteiger partial charge is 0.123 e. The Balaban J connectivity index is 2.01. The van der Waals surface area contributed by atoms with Gasteiger partial charge in [0.15, 0.2) is 0 Å². The van der Waals surface area contributed by atoms with Crippen molar-refractivity contribution in [3.63, 3.8) is 0 Å². The predicted molar refractivity (Wildman–Crippen MR) is 81.7 cm³/mol. The number of benzene rings is 2. The number of halogens is 2. The Labute approximate surface area is 123 Å². The van der Waals surface area contributed by atoms with Gasteiger partial charge in [-0.25, -0.2) is 8.78 Å². The largest absolute Gasteiger partial charge is 0.335 e. The summed E-state index contributed by atoms with van der Waals surface area (Å²) < 4.78 is 26.3. The molecule has 1 aliphatic carbocycles. The van der Waals surface area contributed by atoms with Gasteiger partial charge in [-0.2, -0.15) is 0 Å². The maximum atomic E-state index is 13.2. The fourth-order valence-electron chi connectivity index (χ4n) is 2.74. The van der Waals surface area contributed by atoms with Crippen molar-refractivity contribution in [1.29, 1.82) is 0 Å². The quantitative estimate of drug-likeness (QED) is 0.700. The molecular formula is C18H17F2N. The zero-order valence-corrected chi connectivity index (χ0v) is 11.7. The molecule has 2 aromatic carbocycles. The molecule has 0 saturated carbocycles. The van der Waals surface area contributed by atoms with Gasteiger partial charge < -0.3 is 4.90 Å². The summed E-state index contributed by atoms with van der Waals surface area (Å²) in [5, 5.41) is 0. The van der Waals surface area contributed by atoms with E-state index in [0.717, 1.165) is 30.6 Å². The minimum Gasteiger partial charge on any atom is -0.335 e. The molecule has 3 rings (SSSR count). The molecule has 0 spiro atoms. The van der Waals surface area contributed by atoms with Crippen LogP contribution in [0.5, 0.6) is 0 Å². The Bertz CT molecular complexity index is 571. The van der Waals surface area contributed by atoms with Crippen molar-refractivity contribution < 1.29 is 8.78 Å². The second-order valence-corrected chi connectivity index (χ2v) is 5.25. The fraction of sp³-hybridized carbons (Fsp3) is 0.222. The van der Waals surface area contributed by atoms with Crippen LogP contribution < -0.4 is 4.90 Å². The number of rotatable bonds is 3. The van der Waals surface area contributed by atoms with Crippen molar-refractivity contribution in [2.75, 3.05) is 4.90 Å². The molecule has 0 aromatic heterocycles. The molecule has 21 heavy (non-hydrogen) atoms. The Hall–Kier alpha value is -2.16. The first kappa shape index (κ1) is 13.8. The molecule has 0 bridgehead atoms. The minimum absolute atomic E-state index is 0.217. The number of nitrogens with zero attached hydrogens (tertiary/aromatic N) is 1. The molecule has 1 atom stereocenters. The Morgan fingerprint density at radius 3 is 1.76 bits per heavy atom. The molecule has 0 radical (unpaired) electrons. The summed E-state index contributed by atoms with van der Waals surface area (Å²) >= 11 is 0. The highest BCUT2D eigenvalue weighted by molar-refractivity contribution is 5.65. The van der Waals surface area contributed by atoms with E-state index in [2.05, 4.69) is 17.1 Å². The van der Waals surface area contributed by atoms with Gasteiger partial charge in [0.2, 0.25) is 0 Å². The second-order valence-electron chi connectivity index (χ2n) is 5.25. The van der Waals surface area contributed by atoms with Crippen molar-refractivity contribution in [2.45, 2.75) is 25.3 Å². The topological polar surface area (TPSA) is 3.24 Å². The van der Waals surface area contributed by atoms with Crippen LogP contribution in [0.2, 0.25) is 0 Å². The van der Waals surface area contributed by atoms with Gasteiger partial charge in [-0.3, -0.25) is 0 Å². The van der Waals surface area contributed by atoms with Crippen molar-refractivity contribution >= 4 is 11.4 Å². The third kappa shape index (κ3) is 3.13. The van der Waals surface area contributed by atoms with Crippen LogP contribution in [-0.4, -0.2) is 6.04 Å². The van der Waals surface area contributed by atoms with E-state index in [9.17, 15) is 8.78 Å². The minimum atomic E-state index is -0.253. The first-order chi connectivity index (χ1) is 10.2. The molecule has 0 aliphatic heterocycles. The predicted octanol–water partition coefficient (Wildman–Crippen LogP) is 5.21. The van der Waals surface area contributed by atoms with Gasteiger partial charge in [0.25, 0.3) is 0 Å². The van der Waals surface area contributed by atoms with E-state index in [1.165, 1.54) is 24.3 Å². The first-order valence-corrected chi connectivity index (χ1v) is 7.21. The number of hydrogen-bond acceptors (Lipinski definition) is 1. The lowest BCUT2D eigenvalue weighted by atomic mass is 10.00. The van der Waals surface area contributed by atoms with Crippen molar-refractivity contribution in [2.24, 2.45) is 0 Å². The van der Waals surface area contributed by atoms with E-state index in [0.29, 0.717) is 0 Å². The molecule has 0 saturated heterocycles. The van der Waals surface area contributed by atoms with Crippen molar-refractivity contribution in [1.82, 2.24) is 0 Å². The average Bonchev–Trinajstić information content (AvgIpc) is 2.52. The standard InChI is InChI=1S/C18H17F2N/c19-14-6-10-17(11-7-14)21(16-4-2-1-3-5-16)18-12-8-15(20)9-13-18/h2,4,6-13,16H,1,3,5H2. The molecular weight excluding hydrogens is 268 g/mol. The van der Waals surface area contributed by atoms with Gasteiger partial charge in [-0.1, -0.05) is 12.2 Å². The van der Waals surface area contributed by atoms with Crippen molar-refractivity contribution in [3.8, 4) is 0 Å². The van der Waals surface area contributed by atoms with E-state index in [4.69, 9.17) is 0 Å². The molecule has 0 N–H and O–H groups in total. The van der Waals surface area contributed by atoms with Gasteiger partial charge in [-0.05, 0) is 67.8 Å². The van der Waals surface area contributed by atoms with Crippen LogP contribution in [0.1, 0.15) is 19.3 Å². The molecule has 108 valence electrons. The lowest BCUT2D eigenvalue weighted by Gasteiger charge is -2.33. The zero-order chi connectivity index (χ0) is 14.7. The first-order valence-electron chi connectivity index (χ1n) is 7.21. The van der Waals surface area contributed by atoms with E-state index in [1.54, 1.807) is 24.3 Å². The zero-order valence-electron chi connectivity index (χ0n) is 11.7. The third-order valence-electron chi connectivity index (χ3n) is 3.77. The summed E-state index contributed by atoms with van der Waals surface area (Å²) in [4.78, 5) is 2.13. The Morgan fingerprint density at radius 1 is 0.810 bits per heavy atom. The molecule has 2 aromatic rings. The highest BCUT2D eigenvalue weighted by atomic mass is 19.1. The SMILES string of the molecule is Fc1ccc(N(c2ccc(F)cc2)C2C=CCCC2)cc1. The molecule has 0 heterocycles. The van der Waals surface area contributed by atoms with Crippen LogP contribution in [0.4, 0.5) is 20.2 Å². The van der Waals surface area contributed by atoms with Crippen LogP contribution >= 0.6 is 0 Å². The molecule has 0 amide bonds. The third-order valence-corrected chi connectivity index (χ3v) is 3.77. The summed E-state index contributed by atoms with van der Waals surface area (Å²) in [6, 6.07) is 13.1.